The van der Waals surface area contributed by atoms with Crippen LogP contribution in [-0.2, 0) is 0 Å². The maximum absolute atomic E-state index is 11.5. The minimum atomic E-state index is -1.07. The Morgan fingerprint density at radius 1 is 1.27 bits per heavy atom. The van der Waals surface area contributed by atoms with Crippen molar-refractivity contribution < 1.29 is 14.7 Å². The molecule has 0 spiro atoms. The van der Waals surface area contributed by atoms with Crippen molar-refractivity contribution in [2.24, 2.45) is 0 Å². The van der Waals surface area contributed by atoms with Crippen molar-refractivity contribution in [2.45, 2.75) is 0 Å². The number of hydrogen-bond donors (Lipinski definition) is 2. The van der Waals surface area contributed by atoms with E-state index in [0.717, 1.165) is 11.8 Å². The SMILES string of the molecule is O=C(O)NCCSC(=O)c1ccccc1. The highest BCUT2D eigenvalue weighted by molar-refractivity contribution is 8.14. The Morgan fingerprint density at radius 2 is 1.93 bits per heavy atom. The van der Waals surface area contributed by atoms with E-state index >= 15 is 0 Å². The van der Waals surface area contributed by atoms with Crippen molar-refractivity contribution in [1.29, 1.82) is 0 Å². The van der Waals surface area contributed by atoms with Gasteiger partial charge < -0.3 is 10.4 Å². The van der Waals surface area contributed by atoms with Crippen molar-refractivity contribution in [3.8, 4) is 0 Å². The maximum Gasteiger partial charge on any atom is 0.404 e. The summed E-state index contributed by atoms with van der Waals surface area (Å²) in [5, 5.41) is 10.4. The van der Waals surface area contributed by atoms with E-state index in [1.54, 1.807) is 24.3 Å². The topological polar surface area (TPSA) is 66.4 Å². The van der Waals surface area contributed by atoms with Gasteiger partial charge in [0.25, 0.3) is 0 Å². The molecule has 15 heavy (non-hydrogen) atoms. The van der Waals surface area contributed by atoms with Crippen LogP contribution in [-0.4, -0.2) is 28.6 Å². The minimum absolute atomic E-state index is 0.0391. The van der Waals surface area contributed by atoms with Crippen LogP contribution in [0.2, 0.25) is 0 Å². The number of carbonyl (C=O) groups excluding carboxylic acids is 1. The van der Waals surface area contributed by atoms with Gasteiger partial charge in [-0.25, -0.2) is 4.79 Å². The number of carboxylic acid groups (broad SMARTS) is 1. The molecule has 0 saturated carbocycles. The molecule has 5 heteroatoms. The Morgan fingerprint density at radius 3 is 2.53 bits per heavy atom. The molecule has 0 aliphatic rings. The fraction of sp³-hybridized carbons (Fsp3) is 0.200. The molecule has 0 bridgehead atoms. The van der Waals surface area contributed by atoms with Crippen LogP contribution in [0.15, 0.2) is 30.3 Å². The summed E-state index contributed by atoms with van der Waals surface area (Å²) in [6.45, 7) is 0.276. The largest absolute Gasteiger partial charge is 0.465 e. The van der Waals surface area contributed by atoms with Crippen molar-refractivity contribution >= 4 is 23.0 Å². The van der Waals surface area contributed by atoms with Gasteiger partial charge in [-0.1, -0.05) is 42.1 Å². The monoisotopic (exact) mass is 225 g/mol. The summed E-state index contributed by atoms with van der Waals surface area (Å²) >= 11 is 1.11. The highest BCUT2D eigenvalue weighted by Crippen LogP contribution is 2.10. The molecule has 0 saturated heterocycles. The summed E-state index contributed by atoms with van der Waals surface area (Å²) in [7, 11) is 0. The molecular weight excluding hydrogens is 214 g/mol. The Labute approximate surface area is 91.7 Å². The lowest BCUT2D eigenvalue weighted by Gasteiger charge is -2.00. The van der Waals surface area contributed by atoms with Gasteiger partial charge in [-0.3, -0.25) is 4.79 Å². The number of hydrogen-bond acceptors (Lipinski definition) is 3. The Balaban J connectivity index is 2.28. The highest BCUT2D eigenvalue weighted by Gasteiger charge is 2.05. The molecule has 80 valence electrons. The van der Waals surface area contributed by atoms with E-state index in [0.29, 0.717) is 11.3 Å². The molecule has 0 unspecified atom stereocenters. The lowest BCUT2D eigenvalue weighted by Crippen LogP contribution is -2.23. The molecule has 4 nitrogen and oxygen atoms in total. The van der Waals surface area contributed by atoms with E-state index < -0.39 is 6.09 Å². The Bertz CT molecular complexity index is 340. The standard InChI is InChI=1S/C10H11NO3S/c12-9(8-4-2-1-3-5-8)15-7-6-11-10(13)14/h1-5,11H,6-7H2,(H,13,14). The molecule has 0 heterocycles. The molecule has 1 rings (SSSR count). The number of thioether (sulfide) groups is 1. The average molecular weight is 225 g/mol. The van der Waals surface area contributed by atoms with Crippen LogP contribution in [0.3, 0.4) is 0 Å². The number of benzene rings is 1. The molecule has 1 aromatic carbocycles. The third kappa shape index (κ3) is 4.51. The quantitative estimate of drug-likeness (QED) is 0.767. The van der Waals surface area contributed by atoms with Gasteiger partial charge in [0.15, 0.2) is 0 Å². The molecule has 2 N–H and O–H groups in total. The highest BCUT2D eigenvalue weighted by atomic mass is 32.2. The Hall–Kier alpha value is -1.49. The maximum atomic E-state index is 11.5. The first-order chi connectivity index (χ1) is 7.20. The van der Waals surface area contributed by atoms with Crippen molar-refractivity contribution in [3.63, 3.8) is 0 Å². The van der Waals surface area contributed by atoms with Crippen LogP contribution < -0.4 is 5.32 Å². The summed E-state index contributed by atoms with van der Waals surface area (Å²) < 4.78 is 0. The molecule has 0 aliphatic heterocycles. The summed E-state index contributed by atoms with van der Waals surface area (Å²) in [6.07, 6.45) is -1.07. The molecule has 1 amide bonds. The van der Waals surface area contributed by atoms with E-state index in [4.69, 9.17) is 5.11 Å². The van der Waals surface area contributed by atoms with Crippen molar-refractivity contribution in [1.82, 2.24) is 5.32 Å². The summed E-state index contributed by atoms with van der Waals surface area (Å²) in [5.41, 5.74) is 0.637. The predicted octanol–water partition coefficient (Wildman–Crippen LogP) is 1.83. The van der Waals surface area contributed by atoms with Crippen LogP contribution in [0, 0.1) is 0 Å². The van der Waals surface area contributed by atoms with E-state index in [2.05, 4.69) is 5.32 Å². The van der Waals surface area contributed by atoms with Gasteiger partial charge in [0.2, 0.25) is 5.12 Å². The van der Waals surface area contributed by atoms with Crippen LogP contribution in [0.5, 0.6) is 0 Å². The first kappa shape index (κ1) is 11.6. The zero-order valence-electron chi connectivity index (χ0n) is 7.97. The molecule has 0 aromatic heterocycles. The number of amides is 1. The Kier molecular flexibility index (Phi) is 4.70. The predicted molar refractivity (Wildman–Crippen MR) is 59.3 cm³/mol. The lowest BCUT2D eigenvalue weighted by atomic mass is 10.2. The molecule has 0 aliphatic carbocycles. The average Bonchev–Trinajstić information content (AvgIpc) is 2.25. The molecule has 0 fully saturated rings. The van der Waals surface area contributed by atoms with Crippen molar-refractivity contribution in [2.75, 3.05) is 12.3 Å². The summed E-state index contributed by atoms with van der Waals surface area (Å²) in [4.78, 5) is 21.6. The zero-order valence-corrected chi connectivity index (χ0v) is 8.79. The van der Waals surface area contributed by atoms with E-state index in [9.17, 15) is 9.59 Å². The second kappa shape index (κ2) is 6.08. The summed E-state index contributed by atoms with van der Waals surface area (Å²) in [5.74, 6) is 0.444. The van der Waals surface area contributed by atoms with E-state index in [1.807, 2.05) is 6.07 Å². The molecule has 0 radical (unpaired) electrons. The first-order valence-electron chi connectivity index (χ1n) is 4.39. The number of carbonyl (C=O) groups is 2. The van der Waals surface area contributed by atoms with Crippen LogP contribution in [0.1, 0.15) is 10.4 Å². The fourth-order valence-corrected chi connectivity index (χ4v) is 1.65. The van der Waals surface area contributed by atoms with Gasteiger partial charge in [-0.05, 0) is 0 Å². The van der Waals surface area contributed by atoms with Gasteiger partial charge in [0.05, 0.1) is 0 Å². The number of rotatable bonds is 4. The van der Waals surface area contributed by atoms with Gasteiger partial charge in [0.1, 0.15) is 0 Å². The van der Waals surface area contributed by atoms with Gasteiger partial charge in [-0.15, -0.1) is 0 Å². The van der Waals surface area contributed by atoms with Crippen molar-refractivity contribution in [3.05, 3.63) is 35.9 Å². The van der Waals surface area contributed by atoms with Gasteiger partial charge in [-0.2, -0.15) is 0 Å². The van der Waals surface area contributed by atoms with Crippen LogP contribution >= 0.6 is 11.8 Å². The van der Waals surface area contributed by atoms with Crippen LogP contribution in [0.25, 0.3) is 0 Å². The fourth-order valence-electron chi connectivity index (χ4n) is 0.959. The third-order valence-corrected chi connectivity index (χ3v) is 2.53. The van der Waals surface area contributed by atoms with Gasteiger partial charge >= 0.3 is 6.09 Å². The van der Waals surface area contributed by atoms with E-state index in [-0.39, 0.29) is 11.7 Å². The molecule has 0 atom stereocenters. The summed E-state index contributed by atoms with van der Waals surface area (Å²) in [6, 6.07) is 8.90. The van der Waals surface area contributed by atoms with Gasteiger partial charge in [0, 0.05) is 17.9 Å². The first-order valence-corrected chi connectivity index (χ1v) is 5.37. The second-order valence-corrected chi connectivity index (χ2v) is 3.80. The minimum Gasteiger partial charge on any atom is -0.465 e. The second-order valence-electron chi connectivity index (χ2n) is 2.73. The smallest absolute Gasteiger partial charge is 0.404 e. The lowest BCUT2D eigenvalue weighted by molar-refractivity contribution is 0.108. The molecule has 1 aromatic rings. The van der Waals surface area contributed by atoms with Crippen LogP contribution in [0.4, 0.5) is 4.79 Å². The third-order valence-electron chi connectivity index (χ3n) is 1.62. The zero-order chi connectivity index (χ0) is 11.1. The molecular formula is C10H11NO3S. The van der Waals surface area contributed by atoms with E-state index in [1.165, 1.54) is 0 Å². The normalized spacial score (nSPS) is 9.60. The number of nitrogens with one attached hydrogen (secondary N) is 1.